The number of pyridine rings is 1. The maximum Gasteiger partial charge on any atom is 0.243 e. The van der Waals surface area contributed by atoms with Crippen LogP contribution in [0.1, 0.15) is 19.0 Å². The zero-order valence-corrected chi connectivity index (χ0v) is 10.2. The van der Waals surface area contributed by atoms with Crippen molar-refractivity contribution in [1.82, 2.24) is 14.6 Å². The van der Waals surface area contributed by atoms with Gasteiger partial charge >= 0.3 is 0 Å². The van der Waals surface area contributed by atoms with Crippen molar-refractivity contribution in [2.24, 2.45) is 5.92 Å². The molecule has 2 rings (SSSR count). The molecule has 5 heteroatoms. The van der Waals surface area contributed by atoms with Crippen LogP contribution < -0.4 is 5.32 Å². The van der Waals surface area contributed by atoms with E-state index >= 15 is 0 Å². The summed E-state index contributed by atoms with van der Waals surface area (Å²) in [4.78, 5) is 4.38. The Bertz CT molecular complexity index is 494. The van der Waals surface area contributed by atoms with Gasteiger partial charge in [-0.05, 0) is 31.4 Å². The first-order chi connectivity index (χ1) is 8.20. The third kappa shape index (κ3) is 2.74. The SMILES string of the molecule is Cc1cccc2nc(NCC(C)CCO)nn12. The Labute approximate surface area is 100 Å². The zero-order chi connectivity index (χ0) is 12.3. The highest BCUT2D eigenvalue weighted by Gasteiger charge is 2.06. The molecule has 17 heavy (non-hydrogen) atoms. The van der Waals surface area contributed by atoms with Gasteiger partial charge in [0.15, 0.2) is 5.65 Å². The van der Waals surface area contributed by atoms with Crippen molar-refractivity contribution in [3.8, 4) is 0 Å². The van der Waals surface area contributed by atoms with Crippen LogP contribution >= 0.6 is 0 Å². The molecule has 0 radical (unpaired) electrons. The molecular formula is C12H18N4O. The molecule has 2 aromatic rings. The van der Waals surface area contributed by atoms with Crippen molar-refractivity contribution in [2.75, 3.05) is 18.5 Å². The highest BCUT2D eigenvalue weighted by Crippen LogP contribution is 2.09. The monoisotopic (exact) mass is 234 g/mol. The van der Waals surface area contributed by atoms with E-state index in [-0.39, 0.29) is 6.61 Å². The molecular weight excluding hydrogens is 216 g/mol. The molecule has 0 amide bonds. The van der Waals surface area contributed by atoms with Crippen LogP contribution in [-0.2, 0) is 0 Å². The van der Waals surface area contributed by atoms with Gasteiger partial charge < -0.3 is 10.4 Å². The second-order valence-electron chi connectivity index (χ2n) is 4.37. The van der Waals surface area contributed by atoms with Crippen molar-refractivity contribution < 1.29 is 5.11 Å². The Balaban J connectivity index is 2.07. The predicted octanol–water partition coefficient (Wildman–Crippen LogP) is 1.47. The number of aliphatic hydroxyl groups excluding tert-OH is 1. The van der Waals surface area contributed by atoms with Crippen molar-refractivity contribution in [1.29, 1.82) is 0 Å². The molecule has 0 saturated carbocycles. The molecule has 1 atom stereocenters. The lowest BCUT2D eigenvalue weighted by atomic mass is 10.1. The number of rotatable bonds is 5. The van der Waals surface area contributed by atoms with Gasteiger partial charge in [-0.3, -0.25) is 0 Å². The van der Waals surface area contributed by atoms with E-state index in [1.807, 2.05) is 29.6 Å². The van der Waals surface area contributed by atoms with Gasteiger partial charge in [0.25, 0.3) is 0 Å². The molecule has 0 fully saturated rings. The predicted molar refractivity (Wildman–Crippen MR) is 67.1 cm³/mol. The van der Waals surface area contributed by atoms with Crippen molar-refractivity contribution in [3.05, 3.63) is 23.9 Å². The number of aryl methyl sites for hydroxylation is 1. The molecule has 5 nitrogen and oxygen atoms in total. The van der Waals surface area contributed by atoms with Gasteiger partial charge in [0.05, 0.1) is 0 Å². The summed E-state index contributed by atoms with van der Waals surface area (Å²) in [6.45, 7) is 5.08. The van der Waals surface area contributed by atoms with E-state index in [1.54, 1.807) is 0 Å². The maximum absolute atomic E-state index is 8.82. The fourth-order valence-corrected chi connectivity index (χ4v) is 1.70. The normalized spacial score (nSPS) is 12.9. The quantitative estimate of drug-likeness (QED) is 0.822. The van der Waals surface area contributed by atoms with Crippen molar-refractivity contribution >= 4 is 11.6 Å². The first-order valence-corrected chi connectivity index (χ1v) is 5.88. The van der Waals surface area contributed by atoms with Gasteiger partial charge in [-0.25, -0.2) is 4.52 Å². The Kier molecular flexibility index (Phi) is 3.58. The highest BCUT2D eigenvalue weighted by molar-refractivity contribution is 5.44. The van der Waals surface area contributed by atoms with Crippen LogP contribution in [0.5, 0.6) is 0 Å². The lowest BCUT2D eigenvalue weighted by Gasteiger charge is -2.08. The van der Waals surface area contributed by atoms with Gasteiger partial charge in [0.1, 0.15) is 0 Å². The van der Waals surface area contributed by atoms with Crippen LogP contribution in [0.2, 0.25) is 0 Å². The van der Waals surface area contributed by atoms with E-state index in [2.05, 4.69) is 22.3 Å². The Morgan fingerprint density at radius 3 is 3.00 bits per heavy atom. The van der Waals surface area contributed by atoms with E-state index in [0.29, 0.717) is 11.9 Å². The van der Waals surface area contributed by atoms with Gasteiger partial charge in [-0.1, -0.05) is 13.0 Å². The van der Waals surface area contributed by atoms with E-state index in [0.717, 1.165) is 24.3 Å². The van der Waals surface area contributed by atoms with E-state index in [9.17, 15) is 0 Å². The fraction of sp³-hybridized carbons (Fsp3) is 0.500. The van der Waals surface area contributed by atoms with E-state index in [1.165, 1.54) is 0 Å². The Morgan fingerprint density at radius 1 is 1.47 bits per heavy atom. The molecule has 92 valence electrons. The molecule has 2 heterocycles. The van der Waals surface area contributed by atoms with Crippen LogP contribution in [0.3, 0.4) is 0 Å². The Hall–Kier alpha value is -1.62. The summed E-state index contributed by atoms with van der Waals surface area (Å²) in [5.41, 5.74) is 1.91. The number of anilines is 1. The minimum atomic E-state index is 0.223. The molecule has 0 bridgehead atoms. The maximum atomic E-state index is 8.82. The minimum Gasteiger partial charge on any atom is -0.396 e. The van der Waals surface area contributed by atoms with Crippen LogP contribution in [0.25, 0.3) is 5.65 Å². The smallest absolute Gasteiger partial charge is 0.243 e. The largest absolute Gasteiger partial charge is 0.396 e. The highest BCUT2D eigenvalue weighted by atomic mass is 16.3. The molecule has 2 aromatic heterocycles. The summed E-state index contributed by atoms with van der Waals surface area (Å²) in [5.74, 6) is 1.05. The molecule has 2 N–H and O–H groups in total. The molecule has 0 saturated heterocycles. The van der Waals surface area contributed by atoms with Crippen molar-refractivity contribution in [2.45, 2.75) is 20.3 Å². The lowest BCUT2D eigenvalue weighted by Crippen LogP contribution is -2.13. The summed E-state index contributed by atoms with van der Waals surface area (Å²) in [5, 5.41) is 16.4. The van der Waals surface area contributed by atoms with Crippen LogP contribution in [0, 0.1) is 12.8 Å². The summed E-state index contributed by atoms with van der Waals surface area (Å²) in [6, 6.07) is 5.90. The average molecular weight is 234 g/mol. The fourth-order valence-electron chi connectivity index (χ4n) is 1.70. The third-order valence-electron chi connectivity index (χ3n) is 2.78. The van der Waals surface area contributed by atoms with E-state index in [4.69, 9.17) is 5.11 Å². The van der Waals surface area contributed by atoms with Gasteiger partial charge in [-0.15, -0.1) is 5.10 Å². The van der Waals surface area contributed by atoms with Gasteiger partial charge in [-0.2, -0.15) is 4.98 Å². The summed E-state index contributed by atoms with van der Waals surface area (Å²) in [7, 11) is 0. The number of nitrogens with one attached hydrogen (secondary N) is 1. The first kappa shape index (κ1) is 11.9. The Morgan fingerprint density at radius 2 is 2.29 bits per heavy atom. The second-order valence-corrected chi connectivity index (χ2v) is 4.37. The molecule has 0 spiro atoms. The van der Waals surface area contributed by atoms with Crippen LogP contribution in [-0.4, -0.2) is 32.9 Å². The third-order valence-corrected chi connectivity index (χ3v) is 2.78. The average Bonchev–Trinajstić information content (AvgIpc) is 2.71. The number of aromatic nitrogens is 3. The summed E-state index contributed by atoms with van der Waals surface area (Å²) < 4.78 is 1.82. The minimum absolute atomic E-state index is 0.223. The lowest BCUT2D eigenvalue weighted by molar-refractivity contribution is 0.265. The standard InChI is InChI=1S/C12H18N4O/c1-9(6-7-17)8-13-12-14-11-5-3-4-10(2)16(11)15-12/h3-5,9,17H,6-8H2,1-2H3,(H,13,15). The number of nitrogens with zero attached hydrogens (tertiary/aromatic N) is 3. The number of fused-ring (bicyclic) bond motifs is 1. The number of hydrogen-bond acceptors (Lipinski definition) is 4. The van der Waals surface area contributed by atoms with E-state index < -0.39 is 0 Å². The van der Waals surface area contributed by atoms with Gasteiger partial charge in [0, 0.05) is 18.8 Å². The summed E-state index contributed by atoms with van der Waals surface area (Å²) in [6.07, 6.45) is 0.791. The molecule has 0 aliphatic heterocycles. The van der Waals surface area contributed by atoms with Crippen molar-refractivity contribution in [3.63, 3.8) is 0 Å². The van der Waals surface area contributed by atoms with Crippen LogP contribution in [0.15, 0.2) is 18.2 Å². The molecule has 0 aliphatic carbocycles. The molecule has 0 aliphatic rings. The number of hydrogen-bond donors (Lipinski definition) is 2. The zero-order valence-electron chi connectivity index (χ0n) is 10.2. The van der Waals surface area contributed by atoms with Crippen LogP contribution in [0.4, 0.5) is 5.95 Å². The van der Waals surface area contributed by atoms with Gasteiger partial charge in [0.2, 0.25) is 5.95 Å². The molecule has 0 aromatic carbocycles. The summed E-state index contributed by atoms with van der Waals surface area (Å²) >= 11 is 0. The first-order valence-electron chi connectivity index (χ1n) is 5.88. The number of aliphatic hydroxyl groups is 1. The molecule has 1 unspecified atom stereocenters. The second kappa shape index (κ2) is 5.14. The topological polar surface area (TPSA) is 62.5 Å².